The van der Waals surface area contributed by atoms with Gasteiger partial charge in [-0.15, -0.1) is 0 Å². The Morgan fingerprint density at radius 2 is 1.71 bits per heavy atom. The summed E-state index contributed by atoms with van der Waals surface area (Å²) in [4.78, 5) is 29.1. The van der Waals surface area contributed by atoms with E-state index >= 15 is 0 Å². The van der Waals surface area contributed by atoms with E-state index in [9.17, 15) is 9.59 Å². The van der Waals surface area contributed by atoms with Gasteiger partial charge in [0.15, 0.2) is 5.71 Å². The van der Waals surface area contributed by atoms with Crippen molar-refractivity contribution in [2.75, 3.05) is 6.54 Å². The summed E-state index contributed by atoms with van der Waals surface area (Å²) in [6, 6.07) is 16.3. The van der Waals surface area contributed by atoms with Crippen LogP contribution in [0.25, 0.3) is 0 Å². The second kappa shape index (κ2) is 8.94. The average molecular weight is 377 g/mol. The minimum Gasteiger partial charge on any atom is -0.352 e. The first-order valence-corrected chi connectivity index (χ1v) is 9.24. The van der Waals surface area contributed by atoms with Crippen LogP contribution in [-0.2, 0) is 4.79 Å². The minimum atomic E-state index is -0.341. The Balaban J connectivity index is 1.94. The number of hydrazone groups is 1. The van der Waals surface area contributed by atoms with E-state index < -0.39 is 0 Å². The minimum absolute atomic E-state index is 0.0749. The SMILES string of the molecule is CCNC(=O)c1ccc(N=C(C(=NN)C(=O)NC2CC2)c2ccccc2)cc1. The van der Waals surface area contributed by atoms with Gasteiger partial charge in [0, 0.05) is 23.7 Å². The van der Waals surface area contributed by atoms with Crippen molar-refractivity contribution in [2.45, 2.75) is 25.8 Å². The number of nitrogens with one attached hydrogen (secondary N) is 2. The van der Waals surface area contributed by atoms with Crippen molar-refractivity contribution in [3.8, 4) is 0 Å². The molecular formula is C21H23N5O2. The van der Waals surface area contributed by atoms with Gasteiger partial charge in [0.25, 0.3) is 11.8 Å². The maximum Gasteiger partial charge on any atom is 0.274 e. The Kier molecular flexibility index (Phi) is 6.16. The van der Waals surface area contributed by atoms with Crippen molar-refractivity contribution in [1.29, 1.82) is 0 Å². The number of carbonyl (C=O) groups is 2. The molecule has 1 fully saturated rings. The number of benzene rings is 2. The average Bonchev–Trinajstić information content (AvgIpc) is 3.53. The third-order valence-electron chi connectivity index (χ3n) is 4.24. The lowest BCUT2D eigenvalue weighted by molar-refractivity contribution is -0.114. The zero-order valence-electron chi connectivity index (χ0n) is 15.7. The third kappa shape index (κ3) is 4.82. The van der Waals surface area contributed by atoms with Gasteiger partial charge in [0.2, 0.25) is 0 Å². The summed E-state index contributed by atoms with van der Waals surface area (Å²) in [6.07, 6.45) is 1.92. The monoisotopic (exact) mass is 377 g/mol. The molecule has 0 aromatic heterocycles. The molecule has 2 aromatic rings. The maximum atomic E-state index is 12.6. The Morgan fingerprint density at radius 1 is 1.04 bits per heavy atom. The van der Waals surface area contributed by atoms with Crippen molar-refractivity contribution in [3.05, 3.63) is 65.7 Å². The zero-order chi connectivity index (χ0) is 19.9. The van der Waals surface area contributed by atoms with Crippen molar-refractivity contribution in [2.24, 2.45) is 15.9 Å². The first-order valence-electron chi connectivity index (χ1n) is 9.24. The molecule has 0 bridgehead atoms. The lowest BCUT2D eigenvalue weighted by atomic mass is 10.0. The largest absolute Gasteiger partial charge is 0.352 e. The van der Waals surface area contributed by atoms with Gasteiger partial charge in [-0.3, -0.25) is 9.59 Å². The summed E-state index contributed by atoms with van der Waals surface area (Å²) in [7, 11) is 0. The Morgan fingerprint density at radius 3 is 2.29 bits per heavy atom. The molecule has 7 nitrogen and oxygen atoms in total. The molecule has 0 aliphatic heterocycles. The molecule has 0 atom stereocenters. The number of rotatable bonds is 7. The second-order valence-corrected chi connectivity index (χ2v) is 6.46. The molecule has 1 aliphatic rings. The van der Waals surface area contributed by atoms with Crippen LogP contribution in [0.5, 0.6) is 0 Å². The van der Waals surface area contributed by atoms with E-state index in [1.165, 1.54) is 0 Å². The van der Waals surface area contributed by atoms with Crippen LogP contribution in [0.3, 0.4) is 0 Å². The highest BCUT2D eigenvalue weighted by atomic mass is 16.2. The van der Waals surface area contributed by atoms with Gasteiger partial charge in [-0.05, 0) is 44.0 Å². The fourth-order valence-corrected chi connectivity index (χ4v) is 2.64. The lowest BCUT2D eigenvalue weighted by Crippen LogP contribution is -2.38. The molecule has 4 N–H and O–H groups in total. The van der Waals surface area contributed by atoms with Gasteiger partial charge in [-0.25, -0.2) is 4.99 Å². The highest BCUT2D eigenvalue weighted by Crippen LogP contribution is 2.20. The summed E-state index contributed by atoms with van der Waals surface area (Å²) in [5.74, 6) is 5.07. The Hall–Kier alpha value is -3.48. The number of nitrogens with two attached hydrogens (primary N) is 1. The highest BCUT2D eigenvalue weighted by molar-refractivity contribution is 6.70. The number of aliphatic imine (C=N–C) groups is 1. The predicted molar refractivity (Wildman–Crippen MR) is 110 cm³/mol. The number of carbonyl (C=O) groups excluding carboxylic acids is 2. The van der Waals surface area contributed by atoms with Crippen molar-refractivity contribution < 1.29 is 9.59 Å². The van der Waals surface area contributed by atoms with Gasteiger partial charge in [-0.2, -0.15) is 5.10 Å². The summed E-state index contributed by atoms with van der Waals surface area (Å²) in [6.45, 7) is 2.42. The van der Waals surface area contributed by atoms with Crippen LogP contribution >= 0.6 is 0 Å². The second-order valence-electron chi connectivity index (χ2n) is 6.46. The molecule has 28 heavy (non-hydrogen) atoms. The van der Waals surface area contributed by atoms with Gasteiger partial charge in [0.1, 0.15) is 5.71 Å². The van der Waals surface area contributed by atoms with E-state index in [0.29, 0.717) is 23.5 Å². The molecule has 3 rings (SSSR count). The summed E-state index contributed by atoms with van der Waals surface area (Å²) in [5.41, 5.74) is 2.32. The van der Waals surface area contributed by atoms with Crippen LogP contribution in [0.1, 0.15) is 35.7 Å². The zero-order valence-corrected chi connectivity index (χ0v) is 15.7. The molecule has 0 radical (unpaired) electrons. The first kappa shape index (κ1) is 19.3. The van der Waals surface area contributed by atoms with Gasteiger partial charge < -0.3 is 16.5 Å². The Labute approximate surface area is 163 Å². The maximum absolute atomic E-state index is 12.6. The van der Waals surface area contributed by atoms with Crippen LogP contribution in [-0.4, -0.2) is 35.8 Å². The van der Waals surface area contributed by atoms with Gasteiger partial charge in [0.05, 0.1) is 5.69 Å². The van der Waals surface area contributed by atoms with Crippen molar-refractivity contribution in [3.63, 3.8) is 0 Å². The normalized spacial score (nSPS) is 14.5. The van der Waals surface area contributed by atoms with Crippen LogP contribution in [0.15, 0.2) is 64.7 Å². The molecule has 0 unspecified atom stereocenters. The molecule has 0 heterocycles. The quantitative estimate of drug-likeness (QED) is 0.391. The number of hydrogen-bond donors (Lipinski definition) is 3. The third-order valence-corrected chi connectivity index (χ3v) is 4.24. The summed E-state index contributed by atoms with van der Waals surface area (Å²) in [5, 5.41) is 9.37. The van der Waals surface area contributed by atoms with Gasteiger partial charge in [-0.1, -0.05) is 30.3 Å². The topological polar surface area (TPSA) is 109 Å². The van der Waals surface area contributed by atoms with E-state index in [0.717, 1.165) is 18.4 Å². The summed E-state index contributed by atoms with van der Waals surface area (Å²) >= 11 is 0. The molecule has 7 heteroatoms. The van der Waals surface area contributed by atoms with E-state index in [4.69, 9.17) is 5.84 Å². The molecule has 2 amide bonds. The van der Waals surface area contributed by atoms with E-state index in [2.05, 4.69) is 20.7 Å². The van der Waals surface area contributed by atoms with Crippen LogP contribution in [0.2, 0.25) is 0 Å². The van der Waals surface area contributed by atoms with Crippen LogP contribution in [0.4, 0.5) is 5.69 Å². The van der Waals surface area contributed by atoms with Crippen molar-refractivity contribution in [1.82, 2.24) is 10.6 Å². The molecule has 0 saturated heterocycles. The van der Waals surface area contributed by atoms with Crippen LogP contribution in [0, 0.1) is 0 Å². The fraction of sp³-hybridized carbons (Fsp3) is 0.238. The first-order chi connectivity index (χ1) is 13.6. The highest BCUT2D eigenvalue weighted by Gasteiger charge is 2.28. The van der Waals surface area contributed by atoms with Crippen LogP contribution < -0.4 is 16.5 Å². The molecule has 0 spiro atoms. The number of hydrogen-bond acceptors (Lipinski definition) is 5. The fourth-order valence-electron chi connectivity index (χ4n) is 2.64. The summed E-state index contributed by atoms with van der Waals surface area (Å²) < 4.78 is 0. The van der Waals surface area contributed by atoms with E-state index in [1.807, 2.05) is 37.3 Å². The molecule has 1 saturated carbocycles. The smallest absolute Gasteiger partial charge is 0.274 e. The van der Waals surface area contributed by atoms with E-state index in [-0.39, 0.29) is 23.6 Å². The lowest BCUT2D eigenvalue weighted by Gasteiger charge is -2.10. The molecule has 1 aliphatic carbocycles. The molecular weight excluding hydrogens is 354 g/mol. The number of amides is 2. The Bertz CT molecular complexity index is 900. The van der Waals surface area contributed by atoms with Crippen molar-refractivity contribution >= 4 is 28.9 Å². The standard InChI is InChI=1S/C21H23N5O2/c1-2-23-20(27)15-8-10-16(11-9-15)24-18(14-6-4-3-5-7-14)19(26-22)21(28)25-17-12-13-17/h3-11,17H,2,12-13,22H2,1H3,(H,23,27)(H,25,28). The van der Waals surface area contributed by atoms with Gasteiger partial charge >= 0.3 is 0 Å². The van der Waals surface area contributed by atoms with E-state index in [1.54, 1.807) is 24.3 Å². The molecule has 144 valence electrons. The number of nitrogens with zero attached hydrogens (tertiary/aromatic N) is 2. The predicted octanol–water partition coefficient (Wildman–Crippen LogP) is 2.15. The molecule has 2 aromatic carbocycles.